The minimum absolute atomic E-state index is 0.0561. The molecule has 204 valence electrons. The van der Waals surface area contributed by atoms with E-state index in [1.165, 1.54) is 12.1 Å². The second-order valence-electron chi connectivity index (χ2n) is 11.2. The minimum atomic E-state index is -0.668. The first-order valence-electron chi connectivity index (χ1n) is 13.5. The van der Waals surface area contributed by atoms with Crippen molar-refractivity contribution in [3.8, 4) is 0 Å². The van der Waals surface area contributed by atoms with E-state index in [1.54, 1.807) is 11.0 Å². The zero-order valence-corrected chi connectivity index (χ0v) is 21.8. The summed E-state index contributed by atoms with van der Waals surface area (Å²) in [4.78, 5) is 21.6. The molecule has 0 saturated carbocycles. The third-order valence-electron chi connectivity index (χ3n) is 7.91. The van der Waals surface area contributed by atoms with Crippen LogP contribution in [0.5, 0.6) is 0 Å². The lowest BCUT2D eigenvalue weighted by atomic mass is 9.75. The van der Waals surface area contributed by atoms with Gasteiger partial charge in [-0.3, -0.25) is 4.79 Å². The van der Waals surface area contributed by atoms with Crippen LogP contribution in [-0.4, -0.2) is 62.1 Å². The Bertz CT molecular complexity index is 1200. The first kappa shape index (κ1) is 25.5. The van der Waals surface area contributed by atoms with Crippen LogP contribution in [0.4, 0.5) is 31.7 Å². The van der Waals surface area contributed by atoms with Crippen molar-refractivity contribution in [2.45, 2.75) is 64.4 Å². The van der Waals surface area contributed by atoms with Gasteiger partial charge in [0.15, 0.2) is 0 Å². The molecule has 1 N–H and O–H groups in total. The van der Waals surface area contributed by atoms with Gasteiger partial charge in [-0.15, -0.1) is 0 Å². The molecular formula is C28H34F2N4O4. The summed E-state index contributed by atoms with van der Waals surface area (Å²) in [6.07, 6.45) is 3.75. The number of ether oxygens (including phenoxy) is 3. The second kappa shape index (κ2) is 10.1. The Morgan fingerprint density at radius 3 is 2.76 bits per heavy atom. The van der Waals surface area contributed by atoms with Crippen molar-refractivity contribution < 1.29 is 27.8 Å². The average Bonchev–Trinajstić information content (AvgIpc) is 3.03. The molecule has 8 nitrogen and oxygen atoms in total. The Balaban J connectivity index is 1.30. The molecule has 38 heavy (non-hydrogen) atoms. The summed E-state index contributed by atoms with van der Waals surface area (Å²) in [7, 11) is 0. The first-order chi connectivity index (χ1) is 18.3. The maximum Gasteiger partial charge on any atom is 0.256 e. The first-order valence-corrected chi connectivity index (χ1v) is 13.5. The molecule has 1 unspecified atom stereocenters. The van der Waals surface area contributed by atoms with E-state index in [0.29, 0.717) is 67.6 Å². The van der Waals surface area contributed by atoms with E-state index in [4.69, 9.17) is 14.2 Å². The molecule has 6 rings (SSSR count). The van der Waals surface area contributed by atoms with Crippen LogP contribution in [0.2, 0.25) is 0 Å². The topological polar surface area (TPSA) is 76.2 Å². The van der Waals surface area contributed by atoms with Gasteiger partial charge in [0.1, 0.15) is 23.6 Å². The van der Waals surface area contributed by atoms with E-state index < -0.39 is 11.9 Å². The Kier molecular flexibility index (Phi) is 6.74. The summed E-state index contributed by atoms with van der Waals surface area (Å²) in [6, 6.07) is 4.48. The number of anilines is 4. The molecule has 0 bridgehead atoms. The predicted molar refractivity (Wildman–Crippen MR) is 139 cm³/mol. The zero-order chi connectivity index (χ0) is 26.4. The predicted octanol–water partition coefficient (Wildman–Crippen LogP) is 4.54. The summed E-state index contributed by atoms with van der Waals surface area (Å²) >= 11 is 0. The summed E-state index contributed by atoms with van der Waals surface area (Å²) in [5, 5.41) is 3.14. The van der Waals surface area contributed by atoms with Crippen molar-refractivity contribution in [3.05, 3.63) is 41.6 Å². The number of rotatable bonds is 4. The SMILES string of the molecule is CC(C)O[C@H]1CCC(C(=O)N2Cc3cc(F)cnc3Nc3cc(F)c(N4CC5(CCCOC5)C4)cc32)OC1. The number of hydrogen-bond donors (Lipinski definition) is 1. The van der Waals surface area contributed by atoms with Crippen molar-refractivity contribution in [3.63, 3.8) is 0 Å². The lowest BCUT2D eigenvalue weighted by Gasteiger charge is -2.53. The third-order valence-corrected chi connectivity index (χ3v) is 7.91. The molecule has 1 aromatic heterocycles. The molecule has 0 radical (unpaired) electrons. The van der Waals surface area contributed by atoms with Crippen molar-refractivity contribution in [1.82, 2.24) is 4.98 Å². The van der Waals surface area contributed by atoms with Crippen LogP contribution in [0.15, 0.2) is 24.4 Å². The number of halogens is 2. The maximum atomic E-state index is 15.5. The van der Waals surface area contributed by atoms with Crippen molar-refractivity contribution in [2.75, 3.05) is 48.0 Å². The molecule has 4 aliphatic heterocycles. The van der Waals surface area contributed by atoms with E-state index in [9.17, 15) is 9.18 Å². The molecule has 10 heteroatoms. The molecule has 1 aromatic carbocycles. The van der Waals surface area contributed by atoms with Crippen LogP contribution < -0.4 is 15.1 Å². The second-order valence-corrected chi connectivity index (χ2v) is 11.2. The lowest BCUT2D eigenvalue weighted by Crippen LogP contribution is -2.60. The third kappa shape index (κ3) is 4.85. The molecule has 1 spiro atoms. The van der Waals surface area contributed by atoms with Gasteiger partial charge in [-0.2, -0.15) is 0 Å². The molecule has 2 aromatic rings. The van der Waals surface area contributed by atoms with Gasteiger partial charge in [-0.1, -0.05) is 0 Å². The number of pyridine rings is 1. The van der Waals surface area contributed by atoms with Crippen molar-refractivity contribution >= 4 is 28.8 Å². The van der Waals surface area contributed by atoms with E-state index in [-0.39, 0.29) is 35.9 Å². The normalized spacial score (nSPS) is 24.3. The van der Waals surface area contributed by atoms with Crippen LogP contribution in [0.3, 0.4) is 0 Å². The number of amides is 1. The fraction of sp³-hybridized carbons (Fsp3) is 0.571. The quantitative estimate of drug-likeness (QED) is 0.625. The number of nitrogens with one attached hydrogen (secondary N) is 1. The average molecular weight is 529 g/mol. The molecular weight excluding hydrogens is 494 g/mol. The molecule has 3 fully saturated rings. The highest BCUT2D eigenvalue weighted by Gasteiger charge is 2.45. The van der Waals surface area contributed by atoms with Gasteiger partial charge in [0, 0.05) is 36.7 Å². The zero-order valence-electron chi connectivity index (χ0n) is 21.8. The molecule has 0 aliphatic carbocycles. The van der Waals surface area contributed by atoms with Crippen LogP contribution >= 0.6 is 0 Å². The van der Waals surface area contributed by atoms with Crippen molar-refractivity contribution in [2.24, 2.45) is 5.41 Å². The Morgan fingerprint density at radius 1 is 1.21 bits per heavy atom. The number of benzene rings is 1. The number of aromatic nitrogens is 1. The smallest absolute Gasteiger partial charge is 0.256 e. The van der Waals surface area contributed by atoms with Gasteiger partial charge >= 0.3 is 0 Å². The highest BCUT2D eigenvalue weighted by Crippen LogP contribution is 2.45. The van der Waals surface area contributed by atoms with Crippen LogP contribution in [-0.2, 0) is 25.5 Å². The van der Waals surface area contributed by atoms with Crippen molar-refractivity contribution in [1.29, 1.82) is 0 Å². The Hall–Kier alpha value is -2.82. The molecule has 2 atom stereocenters. The minimum Gasteiger partial charge on any atom is -0.381 e. The molecule has 3 saturated heterocycles. The van der Waals surface area contributed by atoms with E-state index >= 15 is 4.39 Å². The molecule has 4 aliphatic rings. The highest BCUT2D eigenvalue weighted by atomic mass is 19.1. The van der Waals surface area contributed by atoms with Crippen LogP contribution in [0.1, 0.15) is 45.1 Å². The Labute approximate surface area is 221 Å². The monoisotopic (exact) mass is 528 g/mol. The number of carbonyl (C=O) groups excluding carboxylic acids is 1. The van der Waals surface area contributed by atoms with Gasteiger partial charge in [0.05, 0.1) is 55.2 Å². The van der Waals surface area contributed by atoms with Gasteiger partial charge < -0.3 is 29.3 Å². The van der Waals surface area contributed by atoms with Gasteiger partial charge in [-0.25, -0.2) is 13.8 Å². The molecule has 1 amide bonds. The van der Waals surface area contributed by atoms with Crippen LogP contribution in [0.25, 0.3) is 0 Å². The molecule has 5 heterocycles. The Morgan fingerprint density at radius 2 is 2.05 bits per heavy atom. The fourth-order valence-corrected chi connectivity index (χ4v) is 6.09. The fourth-order valence-electron chi connectivity index (χ4n) is 6.09. The lowest BCUT2D eigenvalue weighted by molar-refractivity contribution is -0.143. The largest absolute Gasteiger partial charge is 0.381 e. The van der Waals surface area contributed by atoms with E-state index in [2.05, 4.69) is 10.3 Å². The standard InChI is InChI=1S/C28H34F2N4O4/c1-17(2)38-20-4-5-25(37-13-20)27(35)34-12-18-8-19(29)11-31-26(18)32-22-9-21(30)23(10-24(22)34)33-14-28(15-33)6-3-7-36-16-28/h8-11,17,20,25H,3-7,12-16H2,1-2H3,(H,31,32)/t20-,25?/m0/s1. The van der Waals surface area contributed by atoms with Gasteiger partial charge in [0.2, 0.25) is 0 Å². The summed E-state index contributed by atoms with van der Waals surface area (Å²) < 4.78 is 47.1. The summed E-state index contributed by atoms with van der Waals surface area (Å²) in [5.41, 5.74) is 1.95. The maximum absolute atomic E-state index is 15.5. The highest BCUT2D eigenvalue weighted by molar-refractivity contribution is 6.01. The number of hydrogen-bond acceptors (Lipinski definition) is 7. The number of carbonyl (C=O) groups is 1. The van der Waals surface area contributed by atoms with Crippen LogP contribution in [0, 0.1) is 17.0 Å². The van der Waals surface area contributed by atoms with E-state index in [1.807, 2.05) is 18.7 Å². The number of fused-ring (bicyclic) bond motifs is 2. The van der Waals surface area contributed by atoms with Gasteiger partial charge in [-0.05, 0) is 51.7 Å². The van der Waals surface area contributed by atoms with Gasteiger partial charge in [0.25, 0.3) is 5.91 Å². The number of nitrogens with zero attached hydrogens (tertiary/aromatic N) is 3. The van der Waals surface area contributed by atoms with E-state index in [0.717, 1.165) is 25.6 Å². The summed E-state index contributed by atoms with van der Waals surface area (Å²) in [6.45, 7) is 7.25. The summed E-state index contributed by atoms with van der Waals surface area (Å²) in [5.74, 6) is -0.735.